The zero-order valence-electron chi connectivity index (χ0n) is 25.2. The summed E-state index contributed by atoms with van der Waals surface area (Å²) in [6.45, 7) is 11.0. The van der Waals surface area contributed by atoms with Gasteiger partial charge in [-0.2, -0.15) is 0 Å². The number of rotatable bonds is 11. The number of methoxy groups -OCH3 is 1. The van der Waals surface area contributed by atoms with E-state index in [0.717, 1.165) is 11.1 Å². The predicted octanol–water partition coefficient (Wildman–Crippen LogP) is 8.05. The van der Waals surface area contributed by atoms with Crippen LogP contribution in [0.2, 0.25) is 18.1 Å². The summed E-state index contributed by atoms with van der Waals surface area (Å²) in [5.74, 6) is 6.91. The highest BCUT2D eigenvalue weighted by molar-refractivity contribution is 6.74. The van der Waals surface area contributed by atoms with E-state index in [-0.39, 0.29) is 17.3 Å². The summed E-state index contributed by atoms with van der Waals surface area (Å²) < 4.78 is 12.3. The van der Waals surface area contributed by atoms with Crippen molar-refractivity contribution >= 4 is 20.1 Å². The number of ether oxygens (including phenoxy) is 1. The first-order chi connectivity index (χ1) is 19.8. The van der Waals surface area contributed by atoms with E-state index >= 15 is 0 Å². The van der Waals surface area contributed by atoms with Gasteiger partial charge in [-0.3, -0.25) is 15.0 Å². The van der Waals surface area contributed by atoms with Crippen LogP contribution in [0.1, 0.15) is 56.4 Å². The molecule has 9 heteroatoms. The van der Waals surface area contributed by atoms with Gasteiger partial charge in [0.15, 0.2) is 8.32 Å². The monoisotopic (exact) mass is 588 g/mol. The van der Waals surface area contributed by atoms with Gasteiger partial charge in [-0.1, -0.05) is 75.1 Å². The van der Waals surface area contributed by atoms with Crippen molar-refractivity contribution in [3.8, 4) is 17.6 Å². The fraction of sp³-hybridized carbons (Fsp3) is 0.364. The predicted molar refractivity (Wildman–Crippen MR) is 167 cm³/mol. The third kappa shape index (κ3) is 8.68. The normalized spacial score (nSPS) is 12.9. The molecule has 0 aromatic heterocycles. The Kier molecular flexibility index (Phi) is 10.9. The van der Waals surface area contributed by atoms with Gasteiger partial charge in [0, 0.05) is 30.7 Å². The van der Waals surface area contributed by atoms with Crippen LogP contribution in [-0.2, 0) is 11.0 Å². The molecule has 0 spiro atoms. The van der Waals surface area contributed by atoms with E-state index in [0.29, 0.717) is 24.2 Å². The molecule has 2 atom stereocenters. The van der Waals surface area contributed by atoms with Crippen molar-refractivity contribution in [2.75, 3.05) is 7.11 Å². The molecular formula is C33H40N2O6Si. The number of benzene rings is 3. The molecule has 0 unspecified atom stereocenters. The lowest BCUT2D eigenvalue weighted by atomic mass is 9.96. The molecule has 0 aliphatic heterocycles. The Bertz CT molecular complexity index is 1390. The molecule has 0 saturated heterocycles. The fourth-order valence-corrected chi connectivity index (χ4v) is 5.56. The highest BCUT2D eigenvalue weighted by Crippen LogP contribution is 2.42. The van der Waals surface area contributed by atoms with E-state index in [2.05, 4.69) is 45.7 Å². The Morgan fingerprint density at radius 1 is 1.02 bits per heavy atom. The highest BCUT2D eigenvalue weighted by atomic mass is 28.4. The summed E-state index contributed by atoms with van der Waals surface area (Å²) in [6.07, 6.45) is -0.726. The van der Waals surface area contributed by atoms with Crippen LogP contribution < -0.4 is 4.74 Å². The van der Waals surface area contributed by atoms with Gasteiger partial charge in [0.1, 0.15) is 5.75 Å². The minimum Gasteiger partial charge on any atom is -0.497 e. The van der Waals surface area contributed by atoms with Gasteiger partial charge in [-0.25, -0.2) is 4.79 Å². The van der Waals surface area contributed by atoms with Crippen molar-refractivity contribution in [2.24, 2.45) is 0 Å². The molecule has 3 rings (SSSR count). The number of carboxylic acid groups (broad SMARTS) is 1. The van der Waals surface area contributed by atoms with Crippen molar-refractivity contribution in [3.05, 3.63) is 106 Å². The Balaban J connectivity index is 2.01. The second-order valence-corrected chi connectivity index (χ2v) is 16.4. The average molecular weight is 589 g/mol. The molecule has 0 bridgehead atoms. The van der Waals surface area contributed by atoms with Gasteiger partial charge in [-0.05, 0) is 59.9 Å². The molecule has 3 aromatic carbocycles. The number of nitro benzene ring substituents is 1. The lowest BCUT2D eigenvalue weighted by Gasteiger charge is -2.44. The van der Waals surface area contributed by atoms with E-state index in [4.69, 9.17) is 9.16 Å². The van der Waals surface area contributed by atoms with Crippen LogP contribution >= 0.6 is 0 Å². The second-order valence-electron chi connectivity index (χ2n) is 11.7. The average Bonchev–Trinajstić information content (AvgIpc) is 2.95. The molecule has 1 N–H and O–H groups in total. The molecule has 0 saturated carbocycles. The molecule has 42 heavy (non-hydrogen) atoms. The summed E-state index contributed by atoms with van der Waals surface area (Å²) in [7, 11) is -0.748. The molecular weight excluding hydrogens is 548 g/mol. The number of amides is 1. The van der Waals surface area contributed by atoms with E-state index in [1.165, 1.54) is 17.0 Å². The fourth-order valence-electron chi connectivity index (χ4n) is 4.28. The molecule has 0 aliphatic rings. The third-order valence-corrected chi connectivity index (χ3v) is 12.2. The van der Waals surface area contributed by atoms with Gasteiger partial charge in [0.2, 0.25) is 0 Å². The van der Waals surface area contributed by atoms with Gasteiger partial charge in [0.25, 0.3) is 5.69 Å². The van der Waals surface area contributed by atoms with Crippen LogP contribution in [0.15, 0.2) is 78.9 Å². The number of nitro groups is 1. The summed E-state index contributed by atoms with van der Waals surface area (Å²) in [4.78, 5) is 24.9. The van der Waals surface area contributed by atoms with Crippen molar-refractivity contribution in [3.63, 3.8) is 0 Å². The highest BCUT2D eigenvalue weighted by Gasteiger charge is 2.43. The molecule has 0 radical (unpaired) electrons. The lowest BCUT2D eigenvalue weighted by molar-refractivity contribution is -0.384. The molecule has 1 amide bonds. The first-order valence-corrected chi connectivity index (χ1v) is 16.8. The zero-order valence-corrected chi connectivity index (χ0v) is 26.2. The summed E-state index contributed by atoms with van der Waals surface area (Å²) in [5.41, 5.74) is 2.41. The summed E-state index contributed by atoms with van der Waals surface area (Å²) >= 11 is 0. The number of non-ortho nitro benzene ring substituents is 1. The first-order valence-electron chi connectivity index (χ1n) is 13.9. The molecule has 0 aliphatic carbocycles. The van der Waals surface area contributed by atoms with Gasteiger partial charge < -0.3 is 14.3 Å². The number of hydrogen-bond donors (Lipinski definition) is 1. The number of carbonyl (C=O) groups is 1. The zero-order chi connectivity index (χ0) is 30.9. The molecule has 8 nitrogen and oxygen atoms in total. The Morgan fingerprint density at radius 3 is 2.17 bits per heavy atom. The molecule has 0 fully saturated rings. The van der Waals surface area contributed by atoms with Crippen molar-refractivity contribution in [1.82, 2.24) is 4.90 Å². The standard InChI is InChI=1S/C33H40N2O6Si/c1-33(2,3)42(5,6)41-31(27-13-8-7-9-14-27)30(15-11-10-12-25-16-20-28(21-17-25)35(38)39)34(32(36)37)24-26-18-22-29(40-4)23-19-26/h7-9,13-14,16-23,30-31H,11,15,24H2,1-6H3,(H,36,37)/t30-,31-/m1/s1. The van der Waals surface area contributed by atoms with E-state index in [1.807, 2.05) is 54.6 Å². The summed E-state index contributed by atoms with van der Waals surface area (Å²) in [5, 5.41) is 21.4. The maximum absolute atomic E-state index is 12.9. The minimum atomic E-state index is -2.34. The summed E-state index contributed by atoms with van der Waals surface area (Å²) in [6, 6.07) is 22.7. The van der Waals surface area contributed by atoms with Crippen LogP contribution in [0.4, 0.5) is 10.5 Å². The SMILES string of the molecule is COc1ccc(CN(C(=O)O)[C@H](CCC#Cc2ccc([N+](=O)[O-])cc2)[C@H](O[Si](C)(C)C(C)(C)C)c2ccccc2)cc1. The lowest BCUT2D eigenvalue weighted by Crippen LogP contribution is -2.49. The second kappa shape index (κ2) is 14.2. The quantitative estimate of drug-likeness (QED) is 0.105. The Morgan fingerprint density at radius 2 is 1.64 bits per heavy atom. The van der Waals surface area contributed by atoms with Gasteiger partial charge in [0.05, 0.1) is 24.2 Å². The van der Waals surface area contributed by atoms with Crippen LogP contribution in [0.25, 0.3) is 0 Å². The van der Waals surface area contributed by atoms with Crippen molar-refractivity contribution in [1.29, 1.82) is 0 Å². The smallest absolute Gasteiger partial charge is 0.407 e. The first kappa shape index (κ1) is 32.4. The van der Waals surface area contributed by atoms with Crippen LogP contribution in [-0.4, -0.2) is 42.5 Å². The molecule has 222 valence electrons. The third-order valence-electron chi connectivity index (χ3n) is 7.74. The van der Waals surface area contributed by atoms with Crippen LogP contribution in [0.3, 0.4) is 0 Å². The van der Waals surface area contributed by atoms with Gasteiger partial charge >= 0.3 is 6.09 Å². The van der Waals surface area contributed by atoms with E-state index in [9.17, 15) is 20.0 Å². The minimum absolute atomic E-state index is 0.00438. The molecule has 0 heterocycles. The number of hydrogen-bond acceptors (Lipinski definition) is 5. The van der Waals surface area contributed by atoms with E-state index < -0.39 is 31.5 Å². The molecule has 3 aromatic rings. The Hall–Kier alpha value is -4.13. The van der Waals surface area contributed by atoms with E-state index in [1.54, 1.807) is 19.2 Å². The van der Waals surface area contributed by atoms with Crippen molar-refractivity contribution < 1.29 is 24.0 Å². The van der Waals surface area contributed by atoms with Crippen LogP contribution in [0.5, 0.6) is 5.75 Å². The Labute approximate surface area is 249 Å². The van der Waals surface area contributed by atoms with Gasteiger partial charge in [-0.15, -0.1) is 0 Å². The van der Waals surface area contributed by atoms with Crippen molar-refractivity contribution in [2.45, 2.75) is 70.4 Å². The maximum atomic E-state index is 12.9. The number of nitrogens with zero attached hydrogens (tertiary/aromatic N) is 2. The van der Waals surface area contributed by atoms with Crippen LogP contribution in [0, 0.1) is 22.0 Å². The topological polar surface area (TPSA) is 102 Å². The largest absolute Gasteiger partial charge is 0.497 e. The maximum Gasteiger partial charge on any atom is 0.407 e.